The fourth-order valence-electron chi connectivity index (χ4n) is 1.99. The molecule has 0 spiro atoms. The van der Waals surface area contributed by atoms with Gasteiger partial charge in [-0.1, -0.05) is 40.6 Å². The van der Waals surface area contributed by atoms with Crippen molar-refractivity contribution in [3.63, 3.8) is 0 Å². The van der Waals surface area contributed by atoms with Crippen molar-refractivity contribution in [2.24, 2.45) is 0 Å². The number of carbonyl (C=O) groups is 1. The van der Waals surface area contributed by atoms with Crippen molar-refractivity contribution < 1.29 is 9.53 Å². The van der Waals surface area contributed by atoms with Crippen LogP contribution >= 0.6 is 22.9 Å². The third kappa shape index (κ3) is 4.31. The predicted molar refractivity (Wildman–Crippen MR) is 94.8 cm³/mol. The van der Waals surface area contributed by atoms with E-state index in [1.54, 1.807) is 30.3 Å². The maximum absolute atomic E-state index is 12.2. The van der Waals surface area contributed by atoms with Gasteiger partial charge < -0.3 is 4.74 Å². The summed E-state index contributed by atoms with van der Waals surface area (Å²) >= 11 is 7.10. The second-order valence-electron chi connectivity index (χ2n) is 5.07. The Bertz CT molecular complexity index is 849. The molecule has 1 amide bonds. The molecule has 1 heterocycles. The molecular formula is C17H14ClN3O2S. The number of halogens is 1. The van der Waals surface area contributed by atoms with E-state index in [2.05, 4.69) is 15.5 Å². The lowest BCUT2D eigenvalue weighted by Gasteiger charge is -2.03. The minimum atomic E-state index is -0.208. The van der Waals surface area contributed by atoms with E-state index in [0.717, 1.165) is 5.56 Å². The molecule has 122 valence electrons. The van der Waals surface area contributed by atoms with Crippen molar-refractivity contribution in [3.8, 4) is 5.75 Å². The number of anilines is 1. The van der Waals surface area contributed by atoms with Crippen molar-refractivity contribution in [1.29, 1.82) is 0 Å². The zero-order chi connectivity index (χ0) is 16.9. The highest BCUT2D eigenvalue weighted by atomic mass is 35.5. The van der Waals surface area contributed by atoms with Crippen molar-refractivity contribution >= 4 is 34.0 Å². The molecule has 0 aliphatic heterocycles. The molecule has 3 rings (SSSR count). The number of amides is 1. The Hall–Kier alpha value is -2.44. The van der Waals surface area contributed by atoms with Gasteiger partial charge in [0.25, 0.3) is 5.91 Å². The Morgan fingerprint density at radius 3 is 2.75 bits per heavy atom. The maximum Gasteiger partial charge on any atom is 0.257 e. The first-order chi connectivity index (χ1) is 11.6. The van der Waals surface area contributed by atoms with E-state index >= 15 is 0 Å². The quantitative estimate of drug-likeness (QED) is 0.736. The highest BCUT2D eigenvalue weighted by molar-refractivity contribution is 7.15. The van der Waals surface area contributed by atoms with Gasteiger partial charge in [0.15, 0.2) is 5.01 Å². The number of carbonyl (C=O) groups excluding carboxylic acids is 1. The summed E-state index contributed by atoms with van der Waals surface area (Å²) in [7, 11) is 0. The van der Waals surface area contributed by atoms with Crippen LogP contribution in [0.25, 0.3) is 0 Å². The monoisotopic (exact) mass is 359 g/mol. The lowest BCUT2D eigenvalue weighted by Crippen LogP contribution is -2.11. The smallest absolute Gasteiger partial charge is 0.257 e. The summed E-state index contributed by atoms with van der Waals surface area (Å²) in [6.07, 6.45) is 0. The van der Waals surface area contributed by atoms with Gasteiger partial charge in [-0.2, -0.15) is 0 Å². The largest absolute Gasteiger partial charge is 0.486 e. The standard InChI is InChI=1S/C17H14ClN3O2S/c1-11-3-2-4-12(9-11)16(22)19-17-21-20-15(24-17)10-23-14-7-5-13(18)6-8-14/h2-9H,10H2,1H3,(H,19,21,22). The van der Waals surface area contributed by atoms with E-state index < -0.39 is 0 Å². The van der Waals surface area contributed by atoms with Gasteiger partial charge in [-0.15, -0.1) is 10.2 Å². The van der Waals surface area contributed by atoms with Gasteiger partial charge in [0.2, 0.25) is 5.13 Å². The van der Waals surface area contributed by atoms with Crippen LogP contribution in [0.5, 0.6) is 5.75 Å². The van der Waals surface area contributed by atoms with Crippen molar-refractivity contribution in [2.75, 3.05) is 5.32 Å². The van der Waals surface area contributed by atoms with Crippen molar-refractivity contribution in [2.45, 2.75) is 13.5 Å². The number of nitrogens with zero attached hydrogens (tertiary/aromatic N) is 2. The second kappa shape index (κ2) is 7.42. The summed E-state index contributed by atoms with van der Waals surface area (Å²) in [6.45, 7) is 2.22. The Morgan fingerprint density at radius 2 is 2.00 bits per heavy atom. The maximum atomic E-state index is 12.2. The van der Waals surface area contributed by atoms with E-state index in [1.807, 2.05) is 25.1 Å². The molecule has 0 saturated heterocycles. The summed E-state index contributed by atoms with van der Waals surface area (Å²) in [6, 6.07) is 14.4. The summed E-state index contributed by atoms with van der Waals surface area (Å²) in [5.74, 6) is 0.486. The molecule has 7 heteroatoms. The number of hydrogen-bond acceptors (Lipinski definition) is 5. The molecule has 24 heavy (non-hydrogen) atoms. The zero-order valence-electron chi connectivity index (χ0n) is 12.8. The Kier molecular flexibility index (Phi) is 5.08. The first kappa shape index (κ1) is 16.4. The first-order valence-corrected chi connectivity index (χ1v) is 8.38. The van der Waals surface area contributed by atoms with Crippen LogP contribution in [0.4, 0.5) is 5.13 Å². The highest BCUT2D eigenvalue weighted by Gasteiger charge is 2.10. The molecule has 0 aliphatic carbocycles. The van der Waals surface area contributed by atoms with E-state index in [1.165, 1.54) is 11.3 Å². The van der Waals surface area contributed by atoms with Gasteiger partial charge in [0, 0.05) is 10.6 Å². The molecule has 0 bridgehead atoms. The zero-order valence-corrected chi connectivity index (χ0v) is 14.4. The number of nitrogens with one attached hydrogen (secondary N) is 1. The fourth-order valence-corrected chi connectivity index (χ4v) is 2.77. The normalized spacial score (nSPS) is 10.4. The van der Waals surface area contributed by atoms with Gasteiger partial charge in [-0.25, -0.2) is 0 Å². The summed E-state index contributed by atoms with van der Waals surface area (Å²) < 4.78 is 5.60. The molecule has 0 radical (unpaired) electrons. The van der Waals surface area contributed by atoms with Crippen LogP contribution in [0.2, 0.25) is 5.02 Å². The van der Waals surface area contributed by atoms with Gasteiger partial charge in [0.05, 0.1) is 0 Å². The highest BCUT2D eigenvalue weighted by Crippen LogP contribution is 2.20. The summed E-state index contributed by atoms with van der Waals surface area (Å²) in [5, 5.41) is 12.5. The molecule has 1 N–H and O–H groups in total. The van der Waals surface area contributed by atoms with Crippen molar-refractivity contribution in [1.82, 2.24) is 10.2 Å². The molecule has 1 aromatic heterocycles. The molecule has 0 atom stereocenters. The van der Waals surface area contributed by atoms with E-state index in [0.29, 0.717) is 26.5 Å². The first-order valence-electron chi connectivity index (χ1n) is 7.19. The van der Waals surface area contributed by atoms with Crippen LogP contribution in [0.15, 0.2) is 48.5 Å². The van der Waals surface area contributed by atoms with E-state index in [4.69, 9.17) is 16.3 Å². The van der Waals surface area contributed by atoms with Crippen LogP contribution in [0.3, 0.4) is 0 Å². The summed E-state index contributed by atoms with van der Waals surface area (Å²) in [4.78, 5) is 12.2. The van der Waals surface area contributed by atoms with Crippen LogP contribution in [-0.2, 0) is 6.61 Å². The molecule has 3 aromatic rings. The topological polar surface area (TPSA) is 64.1 Å². The lowest BCUT2D eigenvalue weighted by atomic mass is 10.1. The molecular weight excluding hydrogens is 346 g/mol. The molecule has 0 unspecified atom stereocenters. The number of aryl methyl sites for hydroxylation is 1. The SMILES string of the molecule is Cc1cccc(C(=O)Nc2nnc(COc3ccc(Cl)cc3)s2)c1. The van der Waals surface area contributed by atoms with Crippen LogP contribution in [0.1, 0.15) is 20.9 Å². The predicted octanol–water partition coefficient (Wildman–Crippen LogP) is 4.33. The Labute approximate surface area is 148 Å². The molecule has 2 aromatic carbocycles. The van der Waals surface area contributed by atoms with Gasteiger partial charge in [0.1, 0.15) is 12.4 Å². The molecule has 0 aliphatic rings. The van der Waals surface area contributed by atoms with Gasteiger partial charge in [-0.05, 0) is 43.3 Å². The van der Waals surface area contributed by atoms with Gasteiger partial charge >= 0.3 is 0 Å². The average Bonchev–Trinajstić information content (AvgIpc) is 3.02. The number of rotatable bonds is 5. The number of hydrogen-bond donors (Lipinski definition) is 1. The second-order valence-corrected chi connectivity index (χ2v) is 6.57. The Morgan fingerprint density at radius 1 is 1.21 bits per heavy atom. The third-order valence-corrected chi connectivity index (χ3v) is 4.21. The van der Waals surface area contributed by atoms with Crippen LogP contribution in [0, 0.1) is 6.92 Å². The number of benzene rings is 2. The fraction of sp³-hybridized carbons (Fsp3) is 0.118. The third-order valence-electron chi connectivity index (χ3n) is 3.14. The summed E-state index contributed by atoms with van der Waals surface area (Å²) in [5.41, 5.74) is 1.61. The minimum absolute atomic E-state index is 0.208. The molecule has 0 saturated carbocycles. The van der Waals surface area contributed by atoms with Crippen molar-refractivity contribution in [3.05, 3.63) is 69.7 Å². The van der Waals surface area contributed by atoms with E-state index in [-0.39, 0.29) is 12.5 Å². The van der Waals surface area contributed by atoms with E-state index in [9.17, 15) is 4.79 Å². The average molecular weight is 360 g/mol. The van der Waals surface area contributed by atoms with Crippen LogP contribution in [-0.4, -0.2) is 16.1 Å². The lowest BCUT2D eigenvalue weighted by molar-refractivity contribution is 0.102. The number of aromatic nitrogens is 2. The molecule has 0 fully saturated rings. The minimum Gasteiger partial charge on any atom is -0.486 e. The molecule has 5 nitrogen and oxygen atoms in total. The Balaban J connectivity index is 1.59. The van der Waals surface area contributed by atoms with Gasteiger partial charge in [-0.3, -0.25) is 10.1 Å². The number of ether oxygens (including phenoxy) is 1. The van der Waals surface area contributed by atoms with Crippen LogP contribution < -0.4 is 10.1 Å².